The molecule has 15 rings (SSSR count). The van der Waals surface area contributed by atoms with Crippen LogP contribution in [0.2, 0.25) is 0 Å². The largest absolute Gasteiger partial charge is 0.503 e. The van der Waals surface area contributed by atoms with E-state index < -0.39 is 40.9 Å². The van der Waals surface area contributed by atoms with Crippen molar-refractivity contribution < 1.29 is 70.8 Å². The first kappa shape index (κ1) is 129. The number of aromatic nitrogens is 30. The van der Waals surface area contributed by atoms with Gasteiger partial charge in [0.25, 0.3) is 34.5 Å². The summed E-state index contributed by atoms with van der Waals surface area (Å²) < 4.78 is 42.5. The number of carbonyl (C=O) groups is 7. The first-order valence-electron chi connectivity index (χ1n) is 44.0. The lowest BCUT2D eigenvalue weighted by molar-refractivity contribution is -0.125. The minimum Gasteiger partial charge on any atom is -0.503 e. The Morgan fingerprint density at radius 1 is 0.560 bits per heavy atom. The van der Waals surface area contributed by atoms with Crippen LogP contribution in [0.5, 0.6) is 0 Å². The predicted octanol–water partition coefficient (Wildman–Crippen LogP) is 13.4. The highest BCUT2D eigenvalue weighted by molar-refractivity contribution is 8.15. The topological polar surface area (TPSA) is 765 Å². The molecule has 141 heavy (non-hydrogen) atoms. The van der Waals surface area contributed by atoms with E-state index in [4.69, 9.17) is 43.7 Å². The van der Waals surface area contributed by atoms with E-state index in [-0.39, 0.29) is 109 Å². The molecule has 15 heterocycles. The van der Waals surface area contributed by atoms with E-state index in [2.05, 4.69) is 248 Å². The molecular weight excluding hydrogens is 1940 g/mol. The van der Waals surface area contributed by atoms with E-state index in [0.29, 0.717) is 68.1 Å². The number of tetrazole rings is 2. The molecule has 12 aromatic rings. The molecule has 12 aromatic heterocycles. The minimum absolute atomic E-state index is 0.0139. The van der Waals surface area contributed by atoms with Gasteiger partial charge in [0.2, 0.25) is 16.6 Å². The van der Waals surface area contributed by atoms with Gasteiger partial charge in [0.15, 0.2) is 23.6 Å². The third-order valence-corrected chi connectivity index (χ3v) is 18.6. The molecule has 53 nitrogen and oxygen atoms in total. The number of amides is 7. The van der Waals surface area contributed by atoms with Crippen molar-refractivity contribution >= 4 is 101 Å². The number of nitrogens with zero attached hydrogens (tertiary/aromatic N) is 18. The zero-order valence-corrected chi connectivity index (χ0v) is 89.2. The Balaban J connectivity index is 0. The van der Waals surface area contributed by atoms with Gasteiger partial charge < -0.3 is 38.1 Å². The highest BCUT2D eigenvalue weighted by Crippen LogP contribution is 2.25. The van der Waals surface area contributed by atoms with Crippen LogP contribution in [0.25, 0.3) is 0 Å². The van der Waals surface area contributed by atoms with Crippen molar-refractivity contribution in [1.29, 1.82) is 0 Å². The van der Waals surface area contributed by atoms with Gasteiger partial charge in [-0.15, -0.1) is 25.1 Å². The number of carboxylic acids is 1. The van der Waals surface area contributed by atoms with E-state index in [0.717, 1.165) is 50.7 Å². The number of carbonyl (C=O) groups excluding carboxylic acids is 6. The average Bonchev–Trinajstić information content (AvgIpc) is 1.67. The van der Waals surface area contributed by atoms with E-state index in [1.165, 1.54) is 42.5 Å². The number of aromatic carboxylic acids is 1. The lowest BCUT2D eigenvalue weighted by Crippen LogP contribution is -2.33. The number of imide groups is 3. The second kappa shape index (κ2) is 69.2. The van der Waals surface area contributed by atoms with Gasteiger partial charge in [-0.2, -0.15) is 65.1 Å². The number of urea groups is 1. The quantitative estimate of drug-likeness (QED) is 0.0273. The molecule has 2 saturated heterocycles. The number of aliphatic hydroxyl groups is 1. The predicted molar refractivity (Wildman–Crippen MR) is 527 cm³/mol. The highest BCUT2D eigenvalue weighted by atomic mass is 32.2. The van der Waals surface area contributed by atoms with E-state index in [1.807, 2.05) is 135 Å². The third kappa shape index (κ3) is 55.6. The fourth-order valence-electron chi connectivity index (χ4n) is 8.70. The Kier molecular flexibility index (Phi) is 63.4. The number of hydrogen-bond acceptors (Lipinski definition) is 39. The maximum Gasteiger partial charge on any atom is 0.440 e. The molecule has 59 heteroatoms. The SMILES string of the molecule is CC(C)C.CC(C)C.CC(C)C1=C(O)C(=O)NC1=O.CC(C)C1NC(=O)NC1=O.CC(C)C1SC(=O)NC1=O.CC(C)c1n[nH][nH]c1=S.CC(C)c1n[nH]c(=O)[nH]1.CC(C)c1n[nH]nc1C(=O)O.CC(C)c1n[nH]nc1F.CC(C)c1nc(=S)o[nH]1.CC(C)c1ncno1.CC(C)c1ncns1.CC(C)c1nn[nH]n1.CC(C)n1[nH]nnc1=S.CC(C)n1oc(=O)[nH]c1=O.O=c1cc[nH]o1.O=c1cco[nH]1. The first-order chi connectivity index (χ1) is 65.7. The summed E-state index contributed by atoms with van der Waals surface area (Å²) in [6.45, 7) is 63.4. The Hall–Kier alpha value is -13.7. The number of carboxylic acid groups (broad SMARTS) is 1. The summed E-state index contributed by atoms with van der Waals surface area (Å²) in [6.07, 6.45) is 5.74. The maximum absolute atomic E-state index is 12.4. The van der Waals surface area contributed by atoms with E-state index >= 15 is 0 Å². The van der Waals surface area contributed by atoms with Crippen molar-refractivity contribution in [3.05, 3.63) is 172 Å². The standard InChI is InChI=1S/C7H9NO3.C6H9N3O2.C6H10N2O2.C6H9NO2S.C5H8FN3.C5H9N3O.C5H9N3S.C5H8N2O3.C5H8N2OS.C5H8N2O.C5H8N2S.C4H8N4S.C4H8N4.2C4H10.2C3H3NO2/c1-3(2)4-5(9)7(11)8-6(4)10;1-3(2)4-5(6(10)11)8-9-7-4;1-3(2)4-5(9)8-6(10)7-4;1-3(2)4-5(8)7-6(9)10-4;1-3(2)4-5(6)8-9-7-4;1-3(2)4-6-5(9)8-7-4;1-3(2)4-5(9)7-8-6-4;1-3(2)7-4(8)6-5(9)10-7;1-3(2)4-6-5(9)8-7-4;2*1-4(2)5-6-3-7-8-5;1-3(2)8-4(9)5-6-7-8;1-3(2)4-5-7-8-6-4;2*1-4(2)3;5-3-1-2-6-4-3;5-3-1-2-4-6-3/h3H,1-2H3,(H2,8,9,10,11);3H,1-2H3,(H,10,11)(H,7,8,9);3-4H,1-2H3,(H2,7,8,9,10);3-4H,1-2H3,(H,7,8,9);3H,1-2H3,(H,7,8,9);2*3H,1-2H3,(H2,6,7,8,9);3H,1-2H3,(H,6,8,9);3H,1-2H3,(H,6,7,9);2*3-4H,1-2H3;3H,1-2H3,(H,5,7,9);3H,1-2H3,(H,5,6,7,8);2*4H,1-3H3;1-2H,(H,4,5);1-2,4H. The Labute approximate surface area is 834 Å². The van der Waals surface area contributed by atoms with Crippen LogP contribution < -0.4 is 49.6 Å². The fourth-order valence-corrected chi connectivity index (χ4v) is 10.8. The number of hydrogen-bond donors (Lipinski definition) is 18. The van der Waals surface area contributed by atoms with Crippen LogP contribution in [0.1, 0.15) is 337 Å². The van der Waals surface area contributed by atoms with Crippen LogP contribution in [0, 0.1) is 49.8 Å². The number of aromatic amines is 12. The molecule has 0 saturated carbocycles. The normalized spacial score (nSPS) is 13.0. The van der Waals surface area contributed by atoms with Gasteiger partial charge in [-0.1, -0.05) is 239 Å². The lowest BCUT2D eigenvalue weighted by Gasteiger charge is -2.09. The molecule has 2 fully saturated rings. The first-order valence-corrected chi connectivity index (χ1v) is 46.9. The molecule has 0 radical (unpaired) electrons. The van der Waals surface area contributed by atoms with Crippen LogP contribution in [-0.4, -0.2) is 214 Å². The summed E-state index contributed by atoms with van der Waals surface area (Å²) >= 11 is 16.9. The van der Waals surface area contributed by atoms with Gasteiger partial charge in [-0.3, -0.25) is 54.8 Å². The van der Waals surface area contributed by atoms with Gasteiger partial charge >= 0.3 is 39.6 Å². The Bertz CT molecular complexity index is 5650. The molecule has 0 spiro atoms. The number of aliphatic hydroxyl groups excluding tert-OH is 1. The molecule has 3 aliphatic heterocycles. The molecule has 18 N–H and O–H groups in total. The third-order valence-electron chi connectivity index (χ3n) is 15.5. The number of H-pyrrole nitrogens is 12. The van der Waals surface area contributed by atoms with Gasteiger partial charge in [0.1, 0.15) is 51.3 Å². The smallest absolute Gasteiger partial charge is 0.440 e. The average molecular weight is 2080 g/mol. The van der Waals surface area contributed by atoms with Crippen molar-refractivity contribution in [3.63, 3.8) is 0 Å². The van der Waals surface area contributed by atoms with Gasteiger partial charge in [0.05, 0.1) is 22.6 Å². The summed E-state index contributed by atoms with van der Waals surface area (Å²) in [5, 5.41) is 94.6. The molecule has 3 aliphatic rings. The number of nitrogens with one attached hydrogen (secondary N) is 16. The van der Waals surface area contributed by atoms with Gasteiger partial charge in [-0.25, -0.2) is 64.0 Å². The Morgan fingerprint density at radius 3 is 1.37 bits per heavy atom. The van der Waals surface area contributed by atoms with Crippen molar-refractivity contribution in [2.24, 2.45) is 29.6 Å². The number of halogens is 1. The van der Waals surface area contributed by atoms with E-state index in [1.54, 1.807) is 38.7 Å². The molecule has 786 valence electrons. The maximum atomic E-state index is 12.4. The second-order valence-electron chi connectivity index (χ2n) is 34.5. The molecule has 0 aliphatic carbocycles. The summed E-state index contributed by atoms with van der Waals surface area (Å²) in [7, 11) is 0. The molecule has 7 amide bonds. The summed E-state index contributed by atoms with van der Waals surface area (Å²) in [4.78, 5) is 143. The van der Waals surface area contributed by atoms with Crippen LogP contribution >= 0.6 is 59.9 Å². The molecule has 2 unspecified atom stereocenters. The number of thioether (sulfide) groups is 1. The molecule has 0 aromatic carbocycles. The monoisotopic (exact) mass is 2080 g/mol. The van der Waals surface area contributed by atoms with Crippen LogP contribution in [-0.2, 0) is 19.2 Å². The van der Waals surface area contributed by atoms with E-state index in [9.17, 15) is 61.9 Å². The van der Waals surface area contributed by atoms with Crippen LogP contribution in [0.3, 0.4) is 0 Å². The lowest BCUT2D eigenvalue weighted by atomic mass is 10.0. The minimum atomic E-state index is -1.04. The van der Waals surface area contributed by atoms with Crippen molar-refractivity contribution in [2.45, 2.75) is 292 Å². The Morgan fingerprint density at radius 2 is 1.16 bits per heavy atom. The van der Waals surface area contributed by atoms with Gasteiger partial charge in [-0.05, 0) is 99.2 Å². The number of rotatable bonds is 14. The van der Waals surface area contributed by atoms with Crippen LogP contribution in [0.15, 0.2) is 95.2 Å². The molecule has 0 bridgehead atoms. The summed E-state index contributed by atoms with van der Waals surface area (Å²) in [5.74, 6) is 3.15. The summed E-state index contributed by atoms with van der Waals surface area (Å²) in [5.41, 5.74) is 0.746. The van der Waals surface area contributed by atoms with Crippen LogP contribution in [0.4, 0.5) is 14.0 Å². The highest BCUT2D eigenvalue weighted by Gasteiger charge is 2.34. The molecular formula is C82H137FN34O19S5. The summed E-state index contributed by atoms with van der Waals surface area (Å²) in [6, 6.07) is 2.08. The zero-order chi connectivity index (χ0) is 108. The van der Waals surface area contributed by atoms with Crippen molar-refractivity contribution in [1.82, 2.24) is 173 Å². The molecule has 2 atom stereocenters. The van der Waals surface area contributed by atoms with Crippen molar-refractivity contribution in [3.8, 4) is 0 Å². The fraction of sp³-hybridized carbons (Fsp3) is 0.598. The zero-order valence-electron chi connectivity index (χ0n) is 85.1. The second-order valence-corrected chi connectivity index (χ2v) is 37.5. The van der Waals surface area contributed by atoms with Crippen molar-refractivity contribution in [2.75, 3.05) is 0 Å². The van der Waals surface area contributed by atoms with Gasteiger partial charge in [0, 0.05) is 65.8 Å².